The lowest BCUT2D eigenvalue weighted by atomic mass is 9.90. The Kier molecular flexibility index (Phi) is 6.53. The van der Waals surface area contributed by atoms with E-state index in [1.165, 1.54) is 12.1 Å². The molecule has 0 saturated carbocycles. The van der Waals surface area contributed by atoms with Crippen molar-refractivity contribution in [3.8, 4) is 11.4 Å². The van der Waals surface area contributed by atoms with Gasteiger partial charge in [-0.15, -0.1) is 0 Å². The molecular weight excluding hydrogens is 397 g/mol. The molecule has 30 heavy (non-hydrogen) atoms. The molecule has 10 heteroatoms. The Hall–Kier alpha value is -3.17. The molecule has 7 nitrogen and oxygen atoms in total. The van der Waals surface area contributed by atoms with Crippen molar-refractivity contribution in [1.29, 1.82) is 0 Å². The number of nitrogens with zero attached hydrogens (tertiary/aromatic N) is 3. The maximum atomic E-state index is 13.1. The number of rotatable bonds is 9. The number of amides is 1. The highest BCUT2D eigenvalue weighted by molar-refractivity contribution is 5.76. The summed E-state index contributed by atoms with van der Waals surface area (Å²) >= 11 is 0. The molecule has 0 radical (unpaired) electrons. The van der Waals surface area contributed by atoms with Gasteiger partial charge in [-0.25, -0.2) is 23.1 Å². The molecule has 2 aromatic heterocycles. The number of hydrogen-bond acceptors (Lipinski definition) is 4. The van der Waals surface area contributed by atoms with Gasteiger partial charge in [-0.3, -0.25) is 9.89 Å². The van der Waals surface area contributed by atoms with Crippen molar-refractivity contribution in [2.75, 3.05) is 6.54 Å². The molecule has 0 spiro atoms. The molecule has 160 valence electrons. The largest absolute Gasteiger partial charge is 0.355 e. The zero-order chi connectivity index (χ0) is 21.7. The van der Waals surface area contributed by atoms with Crippen molar-refractivity contribution in [3.05, 3.63) is 53.6 Å². The minimum absolute atomic E-state index is 0.144. The molecule has 3 rings (SSSR count). The smallest absolute Gasteiger partial charge is 0.299 e. The van der Waals surface area contributed by atoms with Crippen LogP contribution in [0.3, 0.4) is 0 Å². The van der Waals surface area contributed by atoms with Crippen molar-refractivity contribution in [2.24, 2.45) is 0 Å². The molecular formula is C20H23F3N6O. The summed E-state index contributed by atoms with van der Waals surface area (Å²) < 4.78 is 38.0. The van der Waals surface area contributed by atoms with Crippen LogP contribution in [-0.2, 0) is 16.6 Å². The number of H-pyrrole nitrogens is 2. The molecule has 1 amide bonds. The predicted octanol–water partition coefficient (Wildman–Crippen LogP) is 3.69. The summed E-state index contributed by atoms with van der Waals surface area (Å²) in [5.74, 6) is -0.0269. The molecule has 0 atom stereocenters. The third-order valence-corrected chi connectivity index (χ3v) is 4.71. The quantitative estimate of drug-likeness (QED) is 0.492. The van der Waals surface area contributed by atoms with Gasteiger partial charge in [0.15, 0.2) is 0 Å². The molecule has 2 heterocycles. The fourth-order valence-electron chi connectivity index (χ4n) is 2.86. The van der Waals surface area contributed by atoms with Crippen LogP contribution in [0.4, 0.5) is 13.2 Å². The number of alkyl halides is 2. The standard InChI is InChI=1S/C20H23F3N6O/c1-20(2,14-10-24-18(26-14)12-6-8-13(21)9-7-12)11-25-16(30)5-3-4-15-27-19(17(22)23)29-28-15/h6-10,17H,3-5,11H2,1-2H3,(H,24,26)(H,25,30)(H,27,28,29). The topological polar surface area (TPSA) is 99.3 Å². The molecule has 0 aliphatic heterocycles. The summed E-state index contributed by atoms with van der Waals surface area (Å²) in [4.78, 5) is 23.4. The van der Waals surface area contributed by atoms with Crippen molar-refractivity contribution in [2.45, 2.75) is 45.0 Å². The first kappa shape index (κ1) is 21.5. The number of benzene rings is 1. The number of aromatic nitrogens is 5. The Morgan fingerprint density at radius 2 is 1.97 bits per heavy atom. The van der Waals surface area contributed by atoms with Crippen molar-refractivity contribution in [1.82, 2.24) is 30.5 Å². The second-order valence-corrected chi connectivity index (χ2v) is 7.61. The molecule has 3 N–H and O–H groups in total. The van der Waals surface area contributed by atoms with Crippen LogP contribution in [0.25, 0.3) is 11.4 Å². The molecule has 0 unspecified atom stereocenters. The van der Waals surface area contributed by atoms with Crippen LogP contribution in [0.2, 0.25) is 0 Å². The highest BCUT2D eigenvalue weighted by Gasteiger charge is 2.24. The fourth-order valence-corrected chi connectivity index (χ4v) is 2.86. The van der Waals surface area contributed by atoms with Crippen LogP contribution in [0.5, 0.6) is 0 Å². The second-order valence-electron chi connectivity index (χ2n) is 7.61. The maximum absolute atomic E-state index is 13.1. The van der Waals surface area contributed by atoms with Gasteiger partial charge in [-0.05, 0) is 30.7 Å². The van der Waals surface area contributed by atoms with E-state index in [2.05, 4.69) is 30.5 Å². The number of aryl methyl sites for hydroxylation is 1. The number of halogens is 3. The lowest BCUT2D eigenvalue weighted by molar-refractivity contribution is -0.121. The van der Waals surface area contributed by atoms with Gasteiger partial charge >= 0.3 is 0 Å². The van der Waals surface area contributed by atoms with E-state index >= 15 is 0 Å². The van der Waals surface area contributed by atoms with Crippen LogP contribution in [0.15, 0.2) is 30.5 Å². The van der Waals surface area contributed by atoms with Gasteiger partial charge in [0.05, 0.1) is 0 Å². The molecule has 0 aliphatic rings. The van der Waals surface area contributed by atoms with Crippen LogP contribution >= 0.6 is 0 Å². The van der Waals surface area contributed by atoms with E-state index in [-0.39, 0.29) is 18.1 Å². The highest BCUT2D eigenvalue weighted by Crippen LogP contribution is 2.24. The van der Waals surface area contributed by atoms with E-state index in [0.29, 0.717) is 31.0 Å². The average molecular weight is 420 g/mol. The first-order valence-electron chi connectivity index (χ1n) is 9.52. The van der Waals surface area contributed by atoms with E-state index in [9.17, 15) is 18.0 Å². The fraction of sp³-hybridized carbons (Fsp3) is 0.400. The van der Waals surface area contributed by atoms with Gasteiger partial charge in [0.2, 0.25) is 11.7 Å². The summed E-state index contributed by atoms with van der Waals surface area (Å²) in [5.41, 5.74) is 1.20. The Morgan fingerprint density at radius 3 is 2.63 bits per heavy atom. The number of aromatic amines is 2. The monoisotopic (exact) mass is 420 g/mol. The Morgan fingerprint density at radius 1 is 1.23 bits per heavy atom. The molecule has 0 fully saturated rings. The van der Waals surface area contributed by atoms with Gasteiger partial charge in [-0.2, -0.15) is 5.10 Å². The van der Waals surface area contributed by atoms with E-state index < -0.39 is 17.7 Å². The molecule has 0 aliphatic carbocycles. The van der Waals surface area contributed by atoms with E-state index in [4.69, 9.17) is 0 Å². The zero-order valence-corrected chi connectivity index (χ0v) is 16.7. The molecule has 3 aromatic rings. The zero-order valence-electron chi connectivity index (χ0n) is 16.7. The molecule has 0 saturated heterocycles. The third kappa shape index (κ3) is 5.46. The minimum atomic E-state index is -2.72. The summed E-state index contributed by atoms with van der Waals surface area (Å²) in [6.45, 7) is 4.32. The second kappa shape index (κ2) is 9.10. The number of carbonyl (C=O) groups excluding carboxylic acids is 1. The van der Waals surface area contributed by atoms with Gasteiger partial charge < -0.3 is 10.3 Å². The number of imidazole rings is 1. The highest BCUT2D eigenvalue weighted by atomic mass is 19.3. The van der Waals surface area contributed by atoms with Gasteiger partial charge in [0.1, 0.15) is 17.5 Å². The van der Waals surface area contributed by atoms with Gasteiger partial charge in [0, 0.05) is 42.3 Å². The summed E-state index contributed by atoms with van der Waals surface area (Å²) in [5, 5.41) is 8.77. The Bertz CT molecular complexity index is 981. The number of hydrogen-bond donors (Lipinski definition) is 3. The Labute approximate surface area is 171 Å². The van der Waals surface area contributed by atoms with Crippen LogP contribution in [0.1, 0.15) is 50.5 Å². The average Bonchev–Trinajstić information content (AvgIpc) is 3.37. The van der Waals surface area contributed by atoms with Crippen LogP contribution in [0, 0.1) is 5.82 Å². The van der Waals surface area contributed by atoms with Crippen LogP contribution in [-0.4, -0.2) is 37.6 Å². The molecule has 1 aromatic carbocycles. The summed E-state index contributed by atoms with van der Waals surface area (Å²) in [6, 6.07) is 6.03. The number of carbonyl (C=O) groups is 1. The van der Waals surface area contributed by atoms with Crippen molar-refractivity contribution in [3.63, 3.8) is 0 Å². The third-order valence-electron chi connectivity index (χ3n) is 4.71. The van der Waals surface area contributed by atoms with Gasteiger partial charge in [0.25, 0.3) is 6.43 Å². The maximum Gasteiger partial charge on any atom is 0.299 e. The van der Waals surface area contributed by atoms with Gasteiger partial charge in [-0.1, -0.05) is 13.8 Å². The Balaban J connectivity index is 1.48. The van der Waals surface area contributed by atoms with Crippen LogP contribution < -0.4 is 5.32 Å². The SMILES string of the molecule is CC(C)(CNC(=O)CCCc1nc(C(F)F)n[nH]1)c1cnc(-c2ccc(F)cc2)[nH]1. The summed E-state index contributed by atoms with van der Waals surface area (Å²) in [7, 11) is 0. The minimum Gasteiger partial charge on any atom is -0.355 e. The van der Waals surface area contributed by atoms with E-state index in [1.807, 2.05) is 13.8 Å². The van der Waals surface area contributed by atoms with E-state index in [0.717, 1.165) is 11.3 Å². The lowest BCUT2D eigenvalue weighted by Gasteiger charge is -2.23. The van der Waals surface area contributed by atoms with Crippen molar-refractivity contribution < 1.29 is 18.0 Å². The number of nitrogens with one attached hydrogen (secondary N) is 3. The first-order chi connectivity index (χ1) is 14.2. The van der Waals surface area contributed by atoms with E-state index in [1.54, 1.807) is 18.3 Å². The first-order valence-corrected chi connectivity index (χ1v) is 9.52. The predicted molar refractivity (Wildman–Crippen MR) is 104 cm³/mol. The normalized spacial score (nSPS) is 11.8. The lowest BCUT2D eigenvalue weighted by Crippen LogP contribution is -2.36. The molecule has 0 bridgehead atoms. The summed E-state index contributed by atoms with van der Waals surface area (Å²) in [6.07, 6.45) is 0.0487. The van der Waals surface area contributed by atoms with Crippen molar-refractivity contribution >= 4 is 5.91 Å².